The van der Waals surface area contributed by atoms with E-state index in [4.69, 9.17) is 0 Å². The number of aromatic nitrogens is 3. The van der Waals surface area contributed by atoms with E-state index in [9.17, 15) is 4.79 Å². The van der Waals surface area contributed by atoms with Gasteiger partial charge in [-0.15, -0.1) is 0 Å². The van der Waals surface area contributed by atoms with Crippen LogP contribution in [0.25, 0.3) is 10.9 Å². The second-order valence-electron chi connectivity index (χ2n) is 6.89. The molecule has 0 atom stereocenters. The molecule has 7 heteroatoms. The first kappa shape index (κ1) is 18.2. The Morgan fingerprint density at radius 3 is 2.61 bits per heavy atom. The van der Waals surface area contributed by atoms with Crippen LogP contribution in [-0.2, 0) is 0 Å². The fraction of sp³-hybridized carbons (Fsp3) is 0.333. The molecule has 0 spiro atoms. The third-order valence-electron chi connectivity index (χ3n) is 4.87. The molecule has 4 rings (SSSR count). The van der Waals surface area contributed by atoms with Crippen molar-refractivity contribution in [1.29, 1.82) is 0 Å². The molecule has 1 fully saturated rings. The molecule has 1 aliphatic rings. The van der Waals surface area contributed by atoms with Gasteiger partial charge >= 0.3 is 0 Å². The standard InChI is InChI=1S/C21H24N6O/c1-3-22-19-14-15(2)23-21(25-19)27-12-10-26(11-13-27)20(28)18-9-8-16-6-4-5-7-17(16)24-18/h4-9,14H,3,10-13H2,1-2H3,(H,22,23,25). The molecule has 28 heavy (non-hydrogen) atoms. The van der Waals surface area contributed by atoms with E-state index in [0.29, 0.717) is 37.8 Å². The lowest BCUT2D eigenvalue weighted by Gasteiger charge is -2.34. The number of carbonyl (C=O) groups excluding carboxylic acids is 1. The number of aryl methyl sites for hydroxylation is 1. The van der Waals surface area contributed by atoms with Crippen molar-refractivity contribution in [3.05, 3.63) is 53.9 Å². The Labute approximate surface area is 164 Å². The number of benzene rings is 1. The van der Waals surface area contributed by atoms with Gasteiger partial charge in [0, 0.05) is 49.9 Å². The Kier molecular flexibility index (Phi) is 5.06. The van der Waals surface area contributed by atoms with Crippen molar-refractivity contribution < 1.29 is 4.79 Å². The van der Waals surface area contributed by atoms with E-state index in [1.807, 2.05) is 61.2 Å². The number of piperazine rings is 1. The molecule has 2 aromatic heterocycles. The Bertz CT molecular complexity index is 997. The van der Waals surface area contributed by atoms with Crippen molar-refractivity contribution in [2.24, 2.45) is 0 Å². The van der Waals surface area contributed by atoms with E-state index in [2.05, 4.69) is 25.2 Å². The van der Waals surface area contributed by atoms with Crippen molar-refractivity contribution in [2.75, 3.05) is 42.9 Å². The summed E-state index contributed by atoms with van der Waals surface area (Å²) in [4.78, 5) is 30.6. The minimum absolute atomic E-state index is 0.0242. The van der Waals surface area contributed by atoms with Gasteiger partial charge < -0.3 is 15.1 Å². The van der Waals surface area contributed by atoms with Crippen LogP contribution in [0.15, 0.2) is 42.5 Å². The van der Waals surface area contributed by atoms with Crippen LogP contribution in [0.3, 0.4) is 0 Å². The average Bonchev–Trinajstić information content (AvgIpc) is 2.73. The lowest BCUT2D eigenvalue weighted by atomic mass is 10.2. The number of nitrogens with zero attached hydrogens (tertiary/aromatic N) is 5. The summed E-state index contributed by atoms with van der Waals surface area (Å²) in [6.07, 6.45) is 0. The lowest BCUT2D eigenvalue weighted by molar-refractivity contribution is 0.0740. The smallest absolute Gasteiger partial charge is 0.272 e. The summed E-state index contributed by atoms with van der Waals surface area (Å²) in [6.45, 7) is 7.49. The van der Waals surface area contributed by atoms with Gasteiger partial charge in [-0.3, -0.25) is 4.79 Å². The van der Waals surface area contributed by atoms with Crippen LogP contribution in [0.5, 0.6) is 0 Å². The number of anilines is 2. The maximum absolute atomic E-state index is 12.9. The number of nitrogens with one attached hydrogen (secondary N) is 1. The molecular weight excluding hydrogens is 352 g/mol. The average molecular weight is 376 g/mol. The maximum atomic E-state index is 12.9. The number of fused-ring (bicyclic) bond motifs is 1. The molecule has 0 unspecified atom stereocenters. The topological polar surface area (TPSA) is 74.2 Å². The summed E-state index contributed by atoms with van der Waals surface area (Å²) in [5, 5.41) is 4.28. The molecule has 0 bridgehead atoms. The first-order chi connectivity index (χ1) is 13.6. The Morgan fingerprint density at radius 1 is 1.04 bits per heavy atom. The summed E-state index contributed by atoms with van der Waals surface area (Å²) in [6, 6.07) is 13.5. The first-order valence-electron chi connectivity index (χ1n) is 9.63. The molecule has 0 aliphatic carbocycles. The Hall–Kier alpha value is -3.22. The van der Waals surface area contributed by atoms with Gasteiger partial charge in [-0.2, -0.15) is 4.98 Å². The summed E-state index contributed by atoms with van der Waals surface area (Å²) in [5.74, 6) is 1.53. The predicted molar refractivity (Wildman–Crippen MR) is 111 cm³/mol. The van der Waals surface area contributed by atoms with Gasteiger partial charge in [0.15, 0.2) is 0 Å². The molecule has 1 aromatic carbocycles. The van der Waals surface area contributed by atoms with Crippen LogP contribution in [-0.4, -0.2) is 58.5 Å². The van der Waals surface area contributed by atoms with Crippen molar-refractivity contribution in [3.63, 3.8) is 0 Å². The summed E-state index contributed by atoms with van der Waals surface area (Å²) >= 11 is 0. The minimum Gasteiger partial charge on any atom is -0.370 e. The predicted octanol–water partition coefficient (Wildman–Crippen LogP) is 2.73. The number of hydrogen-bond donors (Lipinski definition) is 1. The fourth-order valence-electron chi connectivity index (χ4n) is 3.42. The van der Waals surface area contributed by atoms with E-state index >= 15 is 0 Å². The first-order valence-corrected chi connectivity index (χ1v) is 9.63. The number of hydrogen-bond acceptors (Lipinski definition) is 6. The number of carbonyl (C=O) groups is 1. The summed E-state index contributed by atoms with van der Waals surface area (Å²) in [7, 11) is 0. The highest BCUT2D eigenvalue weighted by Gasteiger charge is 2.24. The molecule has 0 radical (unpaired) electrons. The third kappa shape index (κ3) is 3.74. The number of rotatable bonds is 4. The van der Waals surface area contributed by atoms with Gasteiger partial charge in [-0.05, 0) is 26.0 Å². The van der Waals surface area contributed by atoms with Crippen LogP contribution in [0.4, 0.5) is 11.8 Å². The molecule has 1 saturated heterocycles. The zero-order valence-electron chi connectivity index (χ0n) is 16.2. The van der Waals surface area contributed by atoms with Crippen molar-refractivity contribution in [2.45, 2.75) is 13.8 Å². The van der Waals surface area contributed by atoms with Gasteiger partial charge in [0.05, 0.1) is 5.52 Å². The van der Waals surface area contributed by atoms with E-state index in [1.165, 1.54) is 0 Å². The van der Waals surface area contributed by atoms with Crippen LogP contribution < -0.4 is 10.2 Å². The monoisotopic (exact) mass is 376 g/mol. The van der Waals surface area contributed by atoms with Gasteiger partial charge in [0.1, 0.15) is 11.5 Å². The summed E-state index contributed by atoms with van der Waals surface area (Å²) in [5.41, 5.74) is 2.27. The van der Waals surface area contributed by atoms with E-state index in [-0.39, 0.29) is 5.91 Å². The number of amides is 1. The lowest BCUT2D eigenvalue weighted by Crippen LogP contribution is -2.49. The quantitative estimate of drug-likeness (QED) is 0.755. The van der Waals surface area contributed by atoms with Crippen LogP contribution in [0.2, 0.25) is 0 Å². The van der Waals surface area contributed by atoms with E-state index in [1.54, 1.807) is 0 Å². The number of pyridine rings is 1. The normalized spacial score (nSPS) is 14.4. The molecule has 1 aliphatic heterocycles. The van der Waals surface area contributed by atoms with Gasteiger partial charge in [0.2, 0.25) is 5.95 Å². The zero-order valence-corrected chi connectivity index (χ0v) is 16.2. The minimum atomic E-state index is -0.0242. The maximum Gasteiger partial charge on any atom is 0.272 e. The fourth-order valence-corrected chi connectivity index (χ4v) is 3.42. The second kappa shape index (κ2) is 7.80. The molecule has 144 valence electrons. The van der Waals surface area contributed by atoms with Gasteiger partial charge in [-0.1, -0.05) is 24.3 Å². The molecule has 7 nitrogen and oxygen atoms in total. The zero-order chi connectivity index (χ0) is 19.5. The molecule has 1 amide bonds. The molecule has 1 N–H and O–H groups in total. The molecular formula is C21H24N6O. The highest BCUT2D eigenvalue weighted by Crippen LogP contribution is 2.18. The highest BCUT2D eigenvalue weighted by molar-refractivity contribution is 5.95. The molecule has 3 heterocycles. The summed E-state index contributed by atoms with van der Waals surface area (Å²) < 4.78 is 0. The van der Waals surface area contributed by atoms with Crippen LogP contribution in [0.1, 0.15) is 23.1 Å². The van der Waals surface area contributed by atoms with Crippen LogP contribution >= 0.6 is 0 Å². The van der Waals surface area contributed by atoms with Gasteiger partial charge in [-0.25, -0.2) is 9.97 Å². The van der Waals surface area contributed by atoms with Crippen molar-refractivity contribution in [1.82, 2.24) is 19.9 Å². The molecule has 3 aromatic rings. The Balaban J connectivity index is 1.45. The SMILES string of the molecule is CCNc1cc(C)nc(N2CCN(C(=O)c3ccc4ccccc4n3)CC2)n1. The Morgan fingerprint density at radius 2 is 1.82 bits per heavy atom. The second-order valence-corrected chi connectivity index (χ2v) is 6.89. The molecule has 0 saturated carbocycles. The van der Waals surface area contributed by atoms with Gasteiger partial charge in [0.25, 0.3) is 5.91 Å². The number of para-hydroxylation sites is 1. The third-order valence-corrected chi connectivity index (χ3v) is 4.87. The largest absolute Gasteiger partial charge is 0.370 e. The highest BCUT2D eigenvalue weighted by atomic mass is 16.2. The van der Waals surface area contributed by atoms with Crippen LogP contribution in [0, 0.1) is 6.92 Å². The van der Waals surface area contributed by atoms with E-state index in [0.717, 1.165) is 29.0 Å². The van der Waals surface area contributed by atoms with Crippen molar-refractivity contribution >= 4 is 28.6 Å². The van der Waals surface area contributed by atoms with E-state index < -0.39 is 0 Å². The van der Waals surface area contributed by atoms with Crippen molar-refractivity contribution in [3.8, 4) is 0 Å².